The van der Waals surface area contributed by atoms with Crippen molar-refractivity contribution in [2.45, 2.75) is 6.92 Å². The van der Waals surface area contributed by atoms with E-state index >= 15 is 0 Å². The first kappa shape index (κ1) is 12.5. The maximum atomic E-state index is 5.97. The molecular formula is C17H11BrN2O. The molecule has 102 valence electrons. The number of rotatable bonds is 1. The maximum Gasteiger partial charge on any atom is 0.227 e. The Morgan fingerprint density at radius 3 is 2.76 bits per heavy atom. The highest BCUT2D eigenvalue weighted by molar-refractivity contribution is 9.10. The van der Waals surface area contributed by atoms with Crippen molar-refractivity contribution in [3.8, 4) is 11.3 Å². The number of aromatic nitrogens is 2. The Balaban J connectivity index is 2.11. The Bertz CT molecular complexity index is 958. The molecule has 4 rings (SSSR count). The van der Waals surface area contributed by atoms with Crippen molar-refractivity contribution in [1.29, 1.82) is 0 Å². The fourth-order valence-electron chi connectivity index (χ4n) is 2.50. The highest BCUT2D eigenvalue weighted by Gasteiger charge is 2.15. The lowest BCUT2D eigenvalue weighted by Gasteiger charge is -2.03. The quantitative estimate of drug-likeness (QED) is 0.483. The molecule has 0 unspecified atom stereocenters. The predicted octanol–water partition coefficient (Wildman–Crippen LogP) is 5.11. The molecule has 4 aromatic rings. The molecule has 0 bridgehead atoms. The molecule has 0 aliphatic heterocycles. The van der Waals surface area contributed by atoms with Gasteiger partial charge < -0.3 is 4.42 Å². The molecule has 0 N–H and O–H groups in total. The second-order valence-corrected chi connectivity index (χ2v) is 5.83. The van der Waals surface area contributed by atoms with Gasteiger partial charge in [-0.15, -0.1) is 0 Å². The number of pyridine rings is 2. The smallest absolute Gasteiger partial charge is 0.227 e. The second-order valence-electron chi connectivity index (χ2n) is 4.98. The molecule has 1 aromatic carbocycles. The number of halogens is 1. The Morgan fingerprint density at radius 2 is 1.95 bits per heavy atom. The van der Waals surface area contributed by atoms with E-state index in [-0.39, 0.29) is 0 Å². The third kappa shape index (κ3) is 1.94. The Kier molecular flexibility index (Phi) is 2.79. The van der Waals surface area contributed by atoms with E-state index in [2.05, 4.69) is 32.0 Å². The van der Waals surface area contributed by atoms with E-state index in [0.29, 0.717) is 5.71 Å². The molecule has 3 nitrogen and oxygen atoms in total. The van der Waals surface area contributed by atoms with Crippen LogP contribution in [0.1, 0.15) is 5.56 Å². The van der Waals surface area contributed by atoms with Gasteiger partial charge >= 0.3 is 0 Å². The minimum absolute atomic E-state index is 0.646. The van der Waals surface area contributed by atoms with E-state index in [1.54, 1.807) is 6.20 Å². The van der Waals surface area contributed by atoms with E-state index in [1.165, 1.54) is 0 Å². The number of hydrogen-bond acceptors (Lipinski definition) is 3. The van der Waals surface area contributed by atoms with Crippen molar-refractivity contribution in [3.63, 3.8) is 0 Å². The molecule has 21 heavy (non-hydrogen) atoms. The summed E-state index contributed by atoms with van der Waals surface area (Å²) in [5.74, 6) is 0. The van der Waals surface area contributed by atoms with Crippen LogP contribution in [0.5, 0.6) is 0 Å². The van der Waals surface area contributed by atoms with E-state index in [4.69, 9.17) is 4.42 Å². The normalized spacial score (nSPS) is 11.3. The number of fused-ring (bicyclic) bond motifs is 3. The zero-order valence-corrected chi connectivity index (χ0v) is 12.9. The topological polar surface area (TPSA) is 38.9 Å². The Morgan fingerprint density at radius 1 is 1.05 bits per heavy atom. The molecule has 0 saturated heterocycles. The largest absolute Gasteiger partial charge is 0.437 e. The number of nitrogens with zero attached hydrogens (tertiary/aromatic N) is 2. The minimum atomic E-state index is 0.646. The molecule has 0 saturated carbocycles. The Labute approximate surface area is 129 Å². The van der Waals surface area contributed by atoms with E-state index < -0.39 is 0 Å². The lowest BCUT2D eigenvalue weighted by molar-refractivity contribution is 0.655. The lowest BCUT2D eigenvalue weighted by Crippen LogP contribution is -1.85. The summed E-state index contributed by atoms with van der Waals surface area (Å²) in [5, 5.41) is 2.05. The van der Waals surface area contributed by atoms with Crippen LogP contribution in [-0.2, 0) is 0 Å². The van der Waals surface area contributed by atoms with Crippen LogP contribution in [-0.4, -0.2) is 9.97 Å². The second kappa shape index (κ2) is 4.67. The minimum Gasteiger partial charge on any atom is -0.437 e. The molecule has 0 radical (unpaired) electrons. The van der Waals surface area contributed by atoms with Gasteiger partial charge in [0.1, 0.15) is 5.58 Å². The predicted molar refractivity (Wildman–Crippen MR) is 87.2 cm³/mol. The zero-order valence-electron chi connectivity index (χ0n) is 11.3. The van der Waals surface area contributed by atoms with Crippen LogP contribution < -0.4 is 0 Å². The molecule has 3 heterocycles. The molecule has 0 aliphatic carbocycles. The van der Waals surface area contributed by atoms with Crippen LogP contribution in [0.4, 0.5) is 0 Å². The monoisotopic (exact) mass is 338 g/mol. The molecular weight excluding hydrogens is 328 g/mol. The highest BCUT2D eigenvalue weighted by atomic mass is 79.9. The van der Waals surface area contributed by atoms with Crippen LogP contribution >= 0.6 is 15.9 Å². The number of furan rings is 1. The summed E-state index contributed by atoms with van der Waals surface area (Å²) in [6.07, 6.45) is 3.60. The van der Waals surface area contributed by atoms with Gasteiger partial charge in [-0.3, -0.25) is 4.98 Å². The first-order chi connectivity index (χ1) is 10.2. The van der Waals surface area contributed by atoms with Crippen molar-refractivity contribution < 1.29 is 4.42 Å². The number of aryl methyl sites for hydroxylation is 1. The van der Waals surface area contributed by atoms with Gasteiger partial charge in [-0.1, -0.05) is 22.0 Å². The van der Waals surface area contributed by atoms with Crippen LogP contribution in [0.15, 0.2) is 57.7 Å². The van der Waals surface area contributed by atoms with Crippen molar-refractivity contribution >= 4 is 38.0 Å². The van der Waals surface area contributed by atoms with Crippen LogP contribution in [0.3, 0.4) is 0 Å². The summed E-state index contributed by atoms with van der Waals surface area (Å²) in [5.41, 5.74) is 4.48. The van der Waals surface area contributed by atoms with Crippen LogP contribution in [0.25, 0.3) is 33.3 Å². The molecule has 0 fully saturated rings. The molecule has 0 atom stereocenters. The first-order valence-electron chi connectivity index (χ1n) is 6.63. The van der Waals surface area contributed by atoms with Crippen LogP contribution in [0.2, 0.25) is 0 Å². The average Bonchev–Trinajstić information content (AvgIpc) is 2.89. The SMILES string of the molecule is Cc1ccc(-c2ccc(Br)c3c2oc2ncccc23)nc1. The van der Waals surface area contributed by atoms with Crippen molar-refractivity contribution in [1.82, 2.24) is 9.97 Å². The third-order valence-electron chi connectivity index (χ3n) is 3.53. The van der Waals surface area contributed by atoms with E-state index in [9.17, 15) is 0 Å². The van der Waals surface area contributed by atoms with Crippen molar-refractivity contribution in [2.75, 3.05) is 0 Å². The molecule has 0 amide bonds. The van der Waals surface area contributed by atoms with Gasteiger partial charge in [0, 0.05) is 33.2 Å². The van der Waals surface area contributed by atoms with E-state index in [1.807, 2.05) is 43.5 Å². The van der Waals surface area contributed by atoms with Gasteiger partial charge in [-0.25, -0.2) is 4.98 Å². The van der Waals surface area contributed by atoms with E-state index in [0.717, 1.165) is 37.6 Å². The van der Waals surface area contributed by atoms with Gasteiger partial charge in [0.15, 0.2) is 0 Å². The van der Waals surface area contributed by atoms with Gasteiger partial charge in [-0.05, 0) is 42.8 Å². The average molecular weight is 339 g/mol. The summed E-state index contributed by atoms with van der Waals surface area (Å²) in [7, 11) is 0. The van der Waals surface area contributed by atoms with Crippen LogP contribution in [0, 0.1) is 6.92 Å². The maximum absolute atomic E-state index is 5.97. The molecule has 4 heteroatoms. The fourth-order valence-corrected chi connectivity index (χ4v) is 3.03. The van der Waals surface area contributed by atoms with Gasteiger partial charge in [-0.2, -0.15) is 0 Å². The van der Waals surface area contributed by atoms with Gasteiger partial charge in [0.2, 0.25) is 5.71 Å². The third-order valence-corrected chi connectivity index (χ3v) is 4.19. The summed E-state index contributed by atoms with van der Waals surface area (Å²) in [6.45, 7) is 2.03. The molecule has 3 aromatic heterocycles. The van der Waals surface area contributed by atoms with Crippen molar-refractivity contribution in [3.05, 3.63) is 58.8 Å². The number of hydrogen-bond donors (Lipinski definition) is 0. The summed E-state index contributed by atoms with van der Waals surface area (Å²) in [6, 6.07) is 12.1. The lowest BCUT2D eigenvalue weighted by atomic mass is 10.1. The molecule has 0 spiro atoms. The summed E-state index contributed by atoms with van der Waals surface area (Å²) >= 11 is 3.61. The van der Waals surface area contributed by atoms with Gasteiger partial charge in [0.05, 0.1) is 5.69 Å². The summed E-state index contributed by atoms with van der Waals surface area (Å²) < 4.78 is 6.97. The zero-order chi connectivity index (χ0) is 14.4. The van der Waals surface area contributed by atoms with Gasteiger partial charge in [0.25, 0.3) is 0 Å². The fraction of sp³-hybridized carbons (Fsp3) is 0.0588. The first-order valence-corrected chi connectivity index (χ1v) is 7.42. The Hall–Kier alpha value is -2.20. The summed E-state index contributed by atoms with van der Waals surface area (Å²) in [4.78, 5) is 8.80. The molecule has 0 aliphatic rings. The standard InChI is InChI=1S/C17H11BrN2O/c1-10-4-7-14(20-9-10)11-5-6-13(18)15-12-3-2-8-19-17(12)21-16(11)15/h2-9H,1H3. The highest BCUT2D eigenvalue weighted by Crippen LogP contribution is 2.38. The van der Waals surface area contributed by atoms with Crippen molar-refractivity contribution in [2.24, 2.45) is 0 Å². The number of benzene rings is 1.